The topological polar surface area (TPSA) is 51.2 Å². The zero-order valence-corrected chi connectivity index (χ0v) is 18.5. The average Bonchev–Trinajstić information content (AvgIpc) is 3.30. The van der Waals surface area contributed by atoms with Gasteiger partial charge in [0.05, 0.1) is 18.0 Å². The highest BCUT2D eigenvalue weighted by atomic mass is 32.1. The molecule has 1 amide bonds. The second kappa shape index (κ2) is 10.2. The Morgan fingerprint density at radius 2 is 1.72 bits per heavy atom. The van der Waals surface area contributed by atoms with Gasteiger partial charge in [0.15, 0.2) is 0 Å². The number of rotatable bonds is 8. The molecule has 4 aromatic rings. The van der Waals surface area contributed by atoms with Crippen molar-refractivity contribution < 1.29 is 13.9 Å². The lowest BCUT2D eigenvalue weighted by molar-refractivity contribution is 0.102. The van der Waals surface area contributed by atoms with Crippen LogP contribution in [0.5, 0.6) is 5.75 Å². The van der Waals surface area contributed by atoms with Crippen LogP contribution >= 0.6 is 11.3 Å². The fraction of sp³-hybridized carbons (Fsp3) is 0.154. The molecule has 0 spiro atoms. The van der Waals surface area contributed by atoms with Gasteiger partial charge >= 0.3 is 0 Å². The number of halogens is 1. The van der Waals surface area contributed by atoms with Crippen LogP contribution in [0.1, 0.15) is 30.1 Å². The molecular formula is C26H23FN2O2S. The monoisotopic (exact) mass is 446 g/mol. The first kappa shape index (κ1) is 21.7. The fourth-order valence-electron chi connectivity index (χ4n) is 3.20. The molecule has 0 aliphatic rings. The highest BCUT2D eigenvalue weighted by Crippen LogP contribution is 2.33. The normalized spacial score (nSPS) is 10.7. The Bertz CT molecular complexity index is 1200. The van der Waals surface area contributed by atoms with E-state index in [0.717, 1.165) is 24.2 Å². The molecule has 0 fully saturated rings. The van der Waals surface area contributed by atoms with Crippen LogP contribution in [-0.2, 0) is 0 Å². The van der Waals surface area contributed by atoms with Gasteiger partial charge in [-0.25, -0.2) is 9.37 Å². The molecule has 1 N–H and O–H groups in total. The lowest BCUT2D eigenvalue weighted by Crippen LogP contribution is -2.12. The summed E-state index contributed by atoms with van der Waals surface area (Å²) >= 11 is 1.37. The van der Waals surface area contributed by atoms with Gasteiger partial charge in [-0.05, 0) is 48.9 Å². The Kier molecular flexibility index (Phi) is 6.92. The summed E-state index contributed by atoms with van der Waals surface area (Å²) in [5.41, 5.74) is 3.11. The average molecular weight is 447 g/mol. The van der Waals surface area contributed by atoms with Crippen molar-refractivity contribution in [3.63, 3.8) is 0 Å². The Morgan fingerprint density at radius 3 is 2.47 bits per heavy atom. The second-order valence-corrected chi connectivity index (χ2v) is 8.10. The van der Waals surface area contributed by atoms with Gasteiger partial charge in [0, 0.05) is 22.1 Å². The summed E-state index contributed by atoms with van der Waals surface area (Å²) in [6, 6.07) is 21.1. The molecule has 0 saturated heterocycles. The zero-order valence-electron chi connectivity index (χ0n) is 17.7. The van der Waals surface area contributed by atoms with Crippen molar-refractivity contribution in [1.29, 1.82) is 0 Å². The number of para-hydroxylation sites is 1. The van der Waals surface area contributed by atoms with Crippen molar-refractivity contribution in [2.45, 2.75) is 19.8 Å². The summed E-state index contributed by atoms with van der Waals surface area (Å²) in [4.78, 5) is 17.4. The molecular weight excluding hydrogens is 423 g/mol. The number of unbranched alkanes of at least 4 members (excludes halogenated alkanes) is 1. The van der Waals surface area contributed by atoms with Crippen molar-refractivity contribution in [2.75, 3.05) is 11.9 Å². The number of carbonyl (C=O) groups is 1. The smallest absolute Gasteiger partial charge is 0.255 e. The van der Waals surface area contributed by atoms with E-state index in [1.54, 1.807) is 42.5 Å². The minimum Gasteiger partial charge on any atom is -0.494 e. The molecule has 1 aromatic heterocycles. The van der Waals surface area contributed by atoms with Gasteiger partial charge in [-0.1, -0.05) is 43.7 Å². The molecule has 3 aromatic carbocycles. The quantitative estimate of drug-likeness (QED) is 0.295. The third-order valence-electron chi connectivity index (χ3n) is 4.94. The Hall–Kier alpha value is -3.51. The van der Waals surface area contributed by atoms with Crippen LogP contribution in [0.2, 0.25) is 0 Å². The lowest BCUT2D eigenvalue weighted by Gasteiger charge is -2.10. The molecule has 4 rings (SSSR count). The number of nitrogens with zero attached hydrogens (tertiary/aromatic N) is 1. The summed E-state index contributed by atoms with van der Waals surface area (Å²) < 4.78 is 19.8. The van der Waals surface area contributed by atoms with Gasteiger partial charge in [0.1, 0.15) is 16.6 Å². The maximum absolute atomic E-state index is 14.1. The molecule has 0 unspecified atom stereocenters. The number of hydrogen-bond donors (Lipinski definition) is 1. The number of amides is 1. The minimum atomic E-state index is -0.308. The molecule has 6 heteroatoms. The molecule has 0 saturated carbocycles. The van der Waals surface area contributed by atoms with Crippen LogP contribution in [0, 0.1) is 5.82 Å². The first-order valence-corrected chi connectivity index (χ1v) is 11.4. The molecule has 0 radical (unpaired) electrons. The van der Waals surface area contributed by atoms with Gasteiger partial charge < -0.3 is 10.1 Å². The largest absolute Gasteiger partial charge is 0.494 e. The predicted molar refractivity (Wildman–Crippen MR) is 128 cm³/mol. The van der Waals surface area contributed by atoms with E-state index in [1.807, 2.05) is 29.6 Å². The summed E-state index contributed by atoms with van der Waals surface area (Å²) in [6.45, 7) is 2.78. The van der Waals surface area contributed by atoms with Crippen LogP contribution in [0.3, 0.4) is 0 Å². The van der Waals surface area contributed by atoms with Crippen LogP contribution in [0.4, 0.5) is 10.1 Å². The molecule has 1 heterocycles. The maximum Gasteiger partial charge on any atom is 0.255 e. The summed E-state index contributed by atoms with van der Waals surface area (Å²) in [5, 5.41) is 5.43. The number of benzene rings is 3. The number of carbonyl (C=O) groups excluding carboxylic acids is 1. The van der Waals surface area contributed by atoms with Crippen molar-refractivity contribution in [2.24, 2.45) is 0 Å². The van der Waals surface area contributed by atoms with Crippen molar-refractivity contribution >= 4 is 22.9 Å². The van der Waals surface area contributed by atoms with E-state index in [-0.39, 0.29) is 11.7 Å². The van der Waals surface area contributed by atoms with Crippen molar-refractivity contribution in [3.8, 4) is 27.6 Å². The molecule has 0 bridgehead atoms. The molecule has 0 aliphatic carbocycles. The summed E-state index contributed by atoms with van der Waals surface area (Å²) in [7, 11) is 0. The highest BCUT2D eigenvalue weighted by molar-refractivity contribution is 7.13. The highest BCUT2D eigenvalue weighted by Gasteiger charge is 2.14. The van der Waals surface area contributed by atoms with E-state index in [0.29, 0.717) is 34.1 Å². The zero-order chi connectivity index (χ0) is 22.3. The Balaban J connectivity index is 1.52. The van der Waals surface area contributed by atoms with Gasteiger partial charge in [0.2, 0.25) is 0 Å². The summed E-state index contributed by atoms with van der Waals surface area (Å²) in [5.74, 6) is 0.220. The van der Waals surface area contributed by atoms with Crippen molar-refractivity contribution in [1.82, 2.24) is 4.98 Å². The van der Waals surface area contributed by atoms with Crippen LogP contribution < -0.4 is 10.1 Å². The molecule has 4 nitrogen and oxygen atoms in total. The molecule has 32 heavy (non-hydrogen) atoms. The third-order valence-corrected chi connectivity index (χ3v) is 5.82. The number of nitrogens with one attached hydrogen (secondary N) is 1. The van der Waals surface area contributed by atoms with E-state index in [1.165, 1.54) is 17.4 Å². The van der Waals surface area contributed by atoms with Gasteiger partial charge in [0.25, 0.3) is 5.91 Å². The molecule has 0 atom stereocenters. The van der Waals surface area contributed by atoms with Crippen LogP contribution in [0.25, 0.3) is 21.8 Å². The van der Waals surface area contributed by atoms with E-state index in [9.17, 15) is 9.18 Å². The lowest BCUT2D eigenvalue weighted by atomic mass is 10.1. The molecule has 0 aliphatic heterocycles. The SMILES string of the molecule is CCCCOc1ccc(C(=O)Nc2ccccc2-c2csc(-c3ccccc3F)n2)cc1. The maximum atomic E-state index is 14.1. The standard InChI is InChI=1S/C26H23FN2O2S/c1-2-3-16-31-19-14-12-18(13-15-19)25(30)28-23-11-7-5-9-21(23)24-17-32-26(29-24)20-8-4-6-10-22(20)27/h4-15,17H,2-3,16H2,1H3,(H,28,30). The summed E-state index contributed by atoms with van der Waals surface area (Å²) in [6.07, 6.45) is 2.06. The van der Waals surface area contributed by atoms with E-state index in [4.69, 9.17) is 4.74 Å². The van der Waals surface area contributed by atoms with Gasteiger partial charge in [-0.2, -0.15) is 0 Å². The minimum absolute atomic E-state index is 0.220. The first-order valence-electron chi connectivity index (χ1n) is 10.5. The number of ether oxygens (including phenoxy) is 1. The number of anilines is 1. The van der Waals surface area contributed by atoms with E-state index in [2.05, 4.69) is 17.2 Å². The fourth-order valence-corrected chi connectivity index (χ4v) is 4.05. The number of aromatic nitrogens is 1. The third kappa shape index (κ3) is 5.03. The van der Waals surface area contributed by atoms with Gasteiger partial charge in [-0.15, -0.1) is 11.3 Å². The first-order chi connectivity index (χ1) is 15.7. The second-order valence-electron chi connectivity index (χ2n) is 7.24. The molecule has 162 valence electrons. The van der Waals surface area contributed by atoms with E-state index >= 15 is 0 Å². The number of thiazole rings is 1. The Labute approximate surface area is 190 Å². The van der Waals surface area contributed by atoms with Gasteiger partial charge in [-0.3, -0.25) is 4.79 Å². The Morgan fingerprint density at radius 1 is 1.00 bits per heavy atom. The number of hydrogen-bond acceptors (Lipinski definition) is 4. The van der Waals surface area contributed by atoms with E-state index < -0.39 is 0 Å². The van der Waals surface area contributed by atoms with Crippen LogP contribution in [-0.4, -0.2) is 17.5 Å². The predicted octanol–water partition coefficient (Wildman–Crippen LogP) is 7.05. The van der Waals surface area contributed by atoms with Crippen LogP contribution in [0.15, 0.2) is 78.2 Å². The van der Waals surface area contributed by atoms with Crippen molar-refractivity contribution in [3.05, 3.63) is 89.6 Å².